The van der Waals surface area contributed by atoms with Crippen LogP contribution in [0, 0.1) is 13.8 Å². The minimum absolute atomic E-state index is 1.31. The van der Waals surface area contributed by atoms with Crippen molar-refractivity contribution in [3.63, 3.8) is 0 Å². The van der Waals surface area contributed by atoms with Crippen molar-refractivity contribution in [3.8, 4) is 0 Å². The number of aryl methyl sites for hydroxylation is 2. The highest BCUT2D eigenvalue weighted by Crippen LogP contribution is 2.35. The van der Waals surface area contributed by atoms with Gasteiger partial charge in [-0.2, -0.15) is 0 Å². The molecule has 0 nitrogen and oxygen atoms in total. The third-order valence-corrected chi connectivity index (χ3v) is 5.14. The van der Waals surface area contributed by atoms with Crippen LogP contribution >= 0.6 is 0 Å². The summed E-state index contributed by atoms with van der Waals surface area (Å²) in [7, 11) is 0. The average molecular weight is 306 g/mol. The van der Waals surface area contributed by atoms with Gasteiger partial charge in [-0.3, -0.25) is 0 Å². The first-order valence-corrected chi connectivity index (χ1v) is 8.46. The van der Waals surface area contributed by atoms with Crippen LogP contribution < -0.4 is 0 Å². The van der Waals surface area contributed by atoms with E-state index in [0.717, 1.165) is 0 Å². The molecule has 0 bridgehead atoms. The van der Waals surface area contributed by atoms with E-state index in [9.17, 15) is 0 Å². The molecule has 0 heteroatoms. The molecule has 0 spiro atoms. The van der Waals surface area contributed by atoms with Crippen LogP contribution in [0.4, 0.5) is 0 Å². The van der Waals surface area contributed by atoms with Gasteiger partial charge in [-0.15, -0.1) is 0 Å². The first kappa shape index (κ1) is 13.6. The summed E-state index contributed by atoms with van der Waals surface area (Å²) >= 11 is 0. The van der Waals surface area contributed by atoms with Crippen molar-refractivity contribution in [3.05, 3.63) is 83.9 Å². The van der Waals surface area contributed by atoms with Crippen LogP contribution in [-0.2, 0) is 0 Å². The number of rotatable bonds is 0. The van der Waals surface area contributed by atoms with Gasteiger partial charge in [0.25, 0.3) is 0 Å². The van der Waals surface area contributed by atoms with Gasteiger partial charge in [0, 0.05) is 0 Å². The van der Waals surface area contributed by atoms with Gasteiger partial charge < -0.3 is 0 Å². The van der Waals surface area contributed by atoms with Gasteiger partial charge in [0.2, 0.25) is 0 Å². The van der Waals surface area contributed by atoms with Crippen LogP contribution in [0.2, 0.25) is 0 Å². The van der Waals surface area contributed by atoms with Crippen molar-refractivity contribution < 1.29 is 0 Å². The first-order chi connectivity index (χ1) is 11.7. The van der Waals surface area contributed by atoms with Crippen LogP contribution in [0.25, 0.3) is 43.1 Å². The van der Waals surface area contributed by atoms with Crippen molar-refractivity contribution in [1.29, 1.82) is 0 Å². The quantitative estimate of drug-likeness (QED) is 0.272. The summed E-state index contributed by atoms with van der Waals surface area (Å²) in [6, 6.07) is 27.1. The molecule has 0 aliphatic carbocycles. The molecule has 0 unspecified atom stereocenters. The van der Waals surface area contributed by atoms with E-state index in [2.05, 4.69) is 86.6 Å². The fraction of sp³-hybridized carbons (Fsp3) is 0.0833. The van der Waals surface area contributed by atoms with Gasteiger partial charge in [0.15, 0.2) is 0 Å². The summed E-state index contributed by atoms with van der Waals surface area (Å²) in [5, 5.41) is 10.7. The van der Waals surface area contributed by atoms with Crippen LogP contribution in [0.15, 0.2) is 72.8 Å². The molecule has 0 amide bonds. The molecule has 0 N–H and O–H groups in total. The fourth-order valence-electron chi connectivity index (χ4n) is 3.94. The first-order valence-electron chi connectivity index (χ1n) is 8.46. The van der Waals surface area contributed by atoms with Gasteiger partial charge in [-0.1, -0.05) is 83.9 Å². The summed E-state index contributed by atoms with van der Waals surface area (Å²) in [6.07, 6.45) is 0. The highest BCUT2D eigenvalue weighted by molar-refractivity contribution is 6.22. The molecular formula is C24H18. The van der Waals surface area contributed by atoms with Crippen LogP contribution in [0.5, 0.6) is 0 Å². The summed E-state index contributed by atoms with van der Waals surface area (Å²) < 4.78 is 0. The molecule has 5 aromatic carbocycles. The van der Waals surface area contributed by atoms with Crippen LogP contribution in [0.3, 0.4) is 0 Å². The van der Waals surface area contributed by atoms with E-state index in [4.69, 9.17) is 0 Å². The Kier molecular flexibility index (Phi) is 2.72. The normalized spacial score (nSPS) is 11.8. The topological polar surface area (TPSA) is 0 Å². The Morgan fingerprint density at radius 1 is 0.375 bits per heavy atom. The van der Waals surface area contributed by atoms with E-state index in [1.807, 2.05) is 0 Å². The molecule has 5 aromatic rings. The lowest BCUT2D eigenvalue weighted by molar-refractivity contribution is 1.51. The van der Waals surface area contributed by atoms with Gasteiger partial charge >= 0.3 is 0 Å². The Balaban J connectivity index is 1.97. The van der Waals surface area contributed by atoms with Gasteiger partial charge in [-0.25, -0.2) is 0 Å². The smallest absolute Gasteiger partial charge is 0.00987 e. The molecule has 0 atom stereocenters. The van der Waals surface area contributed by atoms with Crippen molar-refractivity contribution in [2.24, 2.45) is 0 Å². The van der Waals surface area contributed by atoms with Crippen LogP contribution in [-0.4, -0.2) is 0 Å². The summed E-state index contributed by atoms with van der Waals surface area (Å²) in [6.45, 7) is 4.30. The largest absolute Gasteiger partial charge is 0.0587 e. The van der Waals surface area contributed by atoms with E-state index in [1.54, 1.807) is 0 Å². The zero-order valence-electron chi connectivity index (χ0n) is 13.9. The number of hydrogen-bond acceptors (Lipinski definition) is 0. The molecule has 0 aromatic heterocycles. The SMILES string of the molecule is Cc1ccc2c(ccc3c2ccc2c4ccc(C)cc4ccc23)c1. The Morgan fingerprint density at radius 3 is 1.17 bits per heavy atom. The molecule has 0 radical (unpaired) electrons. The van der Waals surface area contributed by atoms with Gasteiger partial charge in [-0.05, 0) is 56.9 Å². The molecule has 5 rings (SSSR count). The van der Waals surface area contributed by atoms with Crippen LogP contribution in [0.1, 0.15) is 11.1 Å². The summed E-state index contributed by atoms with van der Waals surface area (Å²) in [4.78, 5) is 0. The number of fused-ring (bicyclic) bond motifs is 7. The van der Waals surface area contributed by atoms with E-state index in [-0.39, 0.29) is 0 Å². The van der Waals surface area contributed by atoms with E-state index >= 15 is 0 Å². The predicted molar refractivity (Wildman–Crippen MR) is 106 cm³/mol. The second-order valence-electron chi connectivity index (χ2n) is 6.84. The maximum atomic E-state index is 2.29. The number of hydrogen-bond donors (Lipinski definition) is 0. The number of benzene rings is 5. The average Bonchev–Trinajstić information content (AvgIpc) is 2.60. The Hall–Kier alpha value is -2.86. The minimum atomic E-state index is 1.31. The zero-order chi connectivity index (χ0) is 16.3. The van der Waals surface area contributed by atoms with Crippen molar-refractivity contribution >= 4 is 43.1 Å². The van der Waals surface area contributed by atoms with Gasteiger partial charge in [0.1, 0.15) is 0 Å². The lowest BCUT2D eigenvalue weighted by atomic mass is 9.93. The molecule has 24 heavy (non-hydrogen) atoms. The Morgan fingerprint density at radius 2 is 0.708 bits per heavy atom. The fourth-order valence-corrected chi connectivity index (χ4v) is 3.94. The third kappa shape index (κ3) is 1.86. The highest BCUT2D eigenvalue weighted by Gasteiger charge is 2.07. The zero-order valence-corrected chi connectivity index (χ0v) is 13.9. The van der Waals surface area contributed by atoms with E-state index in [1.165, 1.54) is 54.2 Å². The summed E-state index contributed by atoms with van der Waals surface area (Å²) in [5.41, 5.74) is 2.62. The third-order valence-electron chi connectivity index (χ3n) is 5.14. The van der Waals surface area contributed by atoms with Crippen molar-refractivity contribution in [2.45, 2.75) is 13.8 Å². The van der Waals surface area contributed by atoms with Crippen molar-refractivity contribution in [2.75, 3.05) is 0 Å². The molecule has 0 heterocycles. The second kappa shape index (κ2) is 4.82. The minimum Gasteiger partial charge on any atom is -0.0587 e. The maximum absolute atomic E-state index is 2.29. The molecule has 0 aliphatic heterocycles. The standard InChI is InChI=1S/C24H18/c1-15-3-7-19-17(13-15)5-9-23-21(19)11-12-22-20-8-4-16(2)14-18(20)6-10-24(22)23/h3-14H,1-2H3. The predicted octanol–water partition coefficient (Wildman–Crippen LogP) is 6.92. The lowest BCUT2D eigenvalue weighted by Crippen LogP contribution is -1.84. The monoisotopic (exact) mass is 306 g/mol. The molecule has 0 aliphatic rings. The molecule has 0 saturated carbocycles. The highest BCUT2D eigenvalue weighted by atomic mass is 14.1. The van der Waals surface area contributed by atoms with E-state index < -0.39 is 0 Å². The summed E-state index contributed by atoms with van der Waals surface area (Å²) in [5.74, 6) is 0. The second-order valence-corrected chi connectivity index (χ2v) is 6.84. The molecule has 0 saturated heterocycles. The Bertz CT molecular complexity index is 1160. The Labute approximate surface area is 141 Å². The lowest BCUT2D eigenvalue weighted by Gasteiger charge is -2.10. The molecule has 0 fully saturated rings. The van der Waals surface area contributed by atoms with E-state index in [0.29, 0.717) is 0 Å². The molecular weight excluding hydrogens is 288 g/mol. The maximum Gasteiger partial charge on any atom is -0.00987 e. The van der Waals surface area contributed by atoms with Gasteiger partial charge in [0.05, 0.1) is 0 Å². The molecule has 114 valence electrons. The van der Waals surface area contributed by atoms with Crippen molar-refractivity contribution in [1.82, 2.24) is 0 Å².